The SMILES string of the molecule is CCNC(=NCCNS(=O)(=O)c1cccc(Cl)c1)Nc1ccc(OC)c(OC)c1. The van der Waals surface area contributed by atoms with Crippen LogP contribution in [0.1, 0.15) is 6.92 Å². The Morgan fingerprint density at radius 1 is 1.10 bits per heavy atom. The molecule has 8 nitrogen and oxygen atoms in total. The molecule has 10 heteroatoms. The molecule has 29 heavy (non-hydrogen) atoms. The van der Waals surface area contributed by atoms with Crippen molar-refractivity contribution in [3.63, 3.8) is 0 Å². The van der Waals surface area contributed by atoms with Crippen LogP contribution in [0.4, 0.5) is 5.69 Å². The first-order valence-corrected chi connectivity index (χ1v) is 10.8. The standard InChI is InChI=1S/C19H25ClN4O4S/c1-4-21-19(24-15-8-9-17(27-2)18(13-15)28-3)22-10-11-23-29(25,26)16-7-5-6-14(20)12-16/h5-9,12-13,23H,4,10-11H2,1-3H3,(H2,21,22,24). The van der Waals surface area contributed by atoms with E-state index in [4.69, 9.17) is 21.1 Å². The Bertz CT molecular complexity index is 951. The molecule has 0 aliphatic carbocycles. The molecule has 2 aromatic rings. The van der Waals surface area contributed by atoms with Crippen molar-refractivity contribution < 1.29 is 17.9 Å². The second-order valence-electron chi connectivity index (χ2n) is 5.81. The van der Waals surface area contributed by atoms with E-state index in [0.717, 1.165) is 5.69 Å². The summed E-state index contributed by atoms with van der Waals surface area (Å²) in [6.45, 7) is 2.96. The molecule has 0 aliphatic rings. The van der Waals surface area contributed by atoms with Gasteiger partial charge in [0.25, 0.3) is 0 Å². The lowest BCUT2D eigenvalue weighted by molar-refractivity contribution is 0.355. The number of nitrogens with one attached hydrogen (secondary N) is 3. The highest BCUT2D eigenvalue weighted by atomic mass is 35.5. The molecule has 2 rings (SSSR count). The second kappa shape index (κ2) is 10.9. The van der Waals surface area contributed by atoms with Crippen LogP contribution in [0.5, 0.6) is 11.5 Å². The number of hydrogen-bond donors (Lipinski definition) is 3. The smallest absolute Gasteiger partial charge is 0.240 e. The summed E-state index contributed by atoms with van der Waals surface area (Å²) < 4.78 is 37.6. The summed E-state index contributed by atoms with van der Waals surface area (Å²) in [6, 6.07) is 11.5. The van der Waals surface area contributed by atoms with Crippen molar-refractivity contribution in [3.05, 3.63) is 47.5 Å². The van der Waals surface area contributed by atoms with Crippen molar-refractivity contribution in [1.82, 2.24) is 10.0 Å². The number of rotatable bonds is 9. The van der Waals surface area contributed by atoms with Crippen LogP contribution in [0.15, 0.2) is 52.4 Å². The molecule has 0 saturated carbocycles. The molecular formula is C19H25ClN4O4S. The van der Waals surface area contributed by atoms with Gasteiger partial charge < -0.3 is 20.1 Å². The third kappa shape index (κ3) is 6.81. The van der Waals surface area contributed by atoms with Gasteiger partial charge in [-0.3, -0.25) is 4.99 Å². The van der Waals surface area contributed by atoms with Crippen LogP contribution < -0.4 is 24.8 Å². The molecule has 0 fully saturated rings. The van der Waals surface area contributed by atoms with Gasteiger partial charge in [-0.05, 0) is 37.3 Å². The van der Waals surface area contributed by atoms with Gasteiger partial charge in [-0.25, -0.2) is 13.1 Å². The Balaban J connectivity index is 2.00. The molecular weight excluding hydrogens is 416 g/mol. The number of hydrogen-bond acceptors (Lipinski definition) is 5. The predicted octanol–water partition coefficient (Wildman–Crippen LogP) is 2.71. The maximum atomic E-state index is 12.3. The van der Waals surface area contributed by atoms with Crippen molar-refractivity contribution in [2.75, 3.05) is 39.2 Å². The van der Waals surface area contributed by atoms with Crippen LogP contribution in [0.25, 0.3) is 0 Å². The number of guanidine groups is 1. The predicted molar refractivity (Wildman–Crippen MR) is 116 cm³/mol. The van der Waals surface area contributed by atoms with Gasteiger partial charge in [-0.1, -0.05) is 17.7 Å². The average molecular weight is 441 g/mol. The molecule has 0 atom stereocenters. The van der Waals surface area contributed by atoms with Crippen molar-refractivity contribution in [2.45, 2.75) is 11.8 Å². The Kier molecular flexibility index (Phi) is 8.56. The monoisotopic (exact) mass is 440 g/mol. The van der Waals surface area contributed by atoms with Crippen LogP contribution in [0.3, 0.4) is 0 Å². The van der Waals surface area contributed by atoms with Gasteiger partial charge in [0, 0.05) is 29.9 Å². The van der Waals surface area contributed by atoms with E-state index in [1.165, 1.54) is 12.1 Å². The Hall–Kier alpha value is -2.49. The third-order valence-corrected chi connectivity index (χ3v) is 5.46. The van der Waals surface area contributed by atoms with Gasteiger partial charge in [0.2, 0.25) is 10.0 Å². The molecule has 0 heterocycles. The number of ether oxygens (including phenoxy) is 2. The maximum Gasteiger partial charge on any atom is 0.240 e. The van der Waals surface area contributed by atoms with Crippen LogP contribution in [0, 0.1) is 0 Å². The molecule has 3 N–H and O–H groups in total. The van der Waals surface area contributed by atoms with Crippen LogP contribution >= 0.6 is 11.6 Å². The maximum absolute atomic E-state index is 12.3. The molecule has 158 valence electrons. The topological polar surface area (TPSA) is 101 Å². The van der Waals surface area contributed by atoms with E-state index >= 15 is 0 Å². The van der Waals surface area contributed by atoms with Crippen molar-refractivity contribution in [3.8, 4) is 11.5 Å². The zero-order valence-electron chi connectivity index (χ0n) is 16.5. The molecule has 0 aliphatic heterocycles. The first kappa shape index (κ1) is 22.8. The number of methoxy groups -OCH3 is 2. The van der Waals surface area contributed by atoms with Crippen molar-refractivity contribution in [2.24, 2.45) is 4.99 Å². The van der Waals surface area contributed by atoms with Gasteiger partial charge in [-0.2, -0.15) is 0 Å². The quantitative estimate of drug-likeness (QED) is 0.315. The fraction of sp³-hybridized carbons (Fsp3) is 0.316. The highest BCUT2D eigenvalue weighted by Crippen LogP contribution is 2.29. The van der Waals surface area contributed by atoms with Gasteiger partial charge in [0.1, 0.15) is 0 Å². The Morgan fingerprint density at radius 3 is 2.52 bits per heavy atom. The minimum atomic E-state index is -3.64. The fourth-order valence-corrected chi connectivity index (χ4v) is 3.74. The van der Waals surface area contributed by atoms with E-state index in [-0.39, 0.29) is 18.0 Å². The van der Waals surface area contributed by atoms with Crippen LogP contribution in [-0.2, 0) is 10.0 Å². The summed E-state index contributed by atoms with van der Waals surface area (Å²) in [7, 11) is -0.511. The summed E-state index contributed by atoms with van der Waals surface area (Å²) >= 11 is 5.86. The number of benzene rings is 2. The number of nitrogens with zero attached hydrogens (tertiary/aromatic N) is 1. The first-order valence-electron chi connectivity index (χ1n) is 8.92. The highest BCUT2D eigenvalue weighted by molar-refractivity contribution is 7.89. The van der Waals surface area contributed by atoms with Gasteiger partial charge >= 0.3 is 0 Å². The highest BCUT2D eigenvalue weighted by Gasteiger charge is 2.13. The van der Waals surface area contributed by atoms with Crippen molar-refractivity contribution in [1.29, 1.82) is 0 Å². The van der Waals surface area contributed by atoms with Crippen molar-refractivity contribution >= 4 is 33.3 Å². The number of sulfonamides is 1. The molecule has 0 spiro atoms. The summed E-state index contributed by atoms with van der Waals surface area (Å²) in [6.07, 6.45) is 0. The lowest BCUT2D eigenvalue weighted by Gasteiger charge is -2.14. The van der Waals surface area contributed by atoms with E-state index in [2.05, 4.69) is 20.3 Å². The summed E-state index contributed by atoms with van der Waals surface area (Å²) in [5.74, 6) is 1.72. The van der Waals surface area contributed by atoms with Crippen LogP contribution in [-0.4, -0.2) is 48.2 Å². The van der Waals surface area contributed by atoms with E-state index in [1.807, 2.05) is 13.0 Å². The summed E-state index contributed by atoms with van der Waals surface area (Å²) in [4.78, 5) is 4.51. The lowest BCUT2D eigenvalue weighted by Crippen LogP contribution is -2.32. The molecule has 0 unspecified atom stereocenters. The van der Waals surface area contributed by atoms with E-state index in [9.17, 15) is 8.42 Å². The van der Waals surface area contributed by atoms with Gasteiger partial charge in [-0.15, -0.1) is 0 Å². The fourth-order valence-electron chi connectivity index (χ4n) is 2.42. The average Bonchev–Trinajstić information content (AvgIpc) is 2.71. The normalized spacial score (nSPS) is 11.8. The van der Waals surface area contributed by atoms with Gasteiger partial charge in [0.15, 0.2) is 17.5 Å². The minimum absolute atomic E-state index is 0.115. The number of aliphatic imine (C=N–C) groups is 1. The first-order chi connectivity index (χ1) is 13.9. The number of anilines is 1. The minimum Gasteiger partial charge on any atom is -0.493 e. The number of halogens is 1. The van der Waals surface area contributed by atoms with Crippen LogP contribution in [0.2, 0.25) is 5.02 Å². The summed E-state index contributed by atoms with van der Waals surface area (Å²) in [5.41, 5.74) is 0.752. The third-order valence-electron chi connectivity index (χ3n) is 3.77. The second-order valence-corrected chi connectivity index (χ2v) is 8.01. The molecule has 0 bridgehead atoms. The largest absolute Gasteiger partial charge is 0.493 e. The molecule has 0 aromatic heterocycles. The molecule has 2 aromatic carbocycles. The molecule has 0 radical (unpaired) electrons. The van der Waals surface area contributed by atoms with E-state index < -0.39 is 10.0 Å². The van der Waals surface area contributed by atoms with E-state index in [1.54, 1.807) is 38.5 Å². The Morgan fingerprint density at radius 2 is 1.86 bits per heavy atom. The summed E-state index contributed by atoms with van der Waals surface area (Å²) in [5, 5.41) is 6.62. The Labute approximate surface area is 176 Å². The lowest BCUT2D eigenvalue weighted by atomic mass is 10.3. The zero-order valence-corrected chi connectivity index (χ0v) is 18.1. The zero-order chi connectivity index (χ0) is 21.3. The van der Waals surface area contributed by atoms with Gasteiger partial charge in [0.05, 0.1) is 25.7 Å². The molecule has 0 saturated heterocycles. The van der Waals surface area contributed by atoms with E-state index in [0.29, 0.717) is 29.0 Å². The molecule has 0 amide bonds.